The quantitative estimate of drug-likeness (QED) is 0.860. The number of benzene rings is 1. The van der Waals surface area contributed by atoms with Crippen LogP contribution in [0.1, 0.15) is 33.6 Å². The van der Waals surface area contributed by atoms with Crippen LogP contribution < -0.4 is 10.1 Å². The summed E-state index contributed by atoms with van der Waals surface area (Å²) >= 11 is 0. The molecule has 1 fully saturated rings. The van der Waals surface area contributed by atoms with Gasteiger partial charge >= 0.3 is 6.09 Å². The lowest BCUT2D eigenvalue weighted by Gasteiger charge is -2.33. The minimum absolute atomic E-state index is 0.244. The molecular weight excluding hydrogens is 356 g/mol. The number of methoxy groups -OCH3 is 1. The molecule has 1 saturated heterocycles. The summed E-state index contributed by atoms with van der Waals surface area (Å²) in [6.07, 6.45) is 2.99. The maximum Gasteiger partial charge on any atom is 0.410 e. The van der Waals surface area contributed by atoms with Crippen molar-refractivity contribution in [3.8, 4) is 17.0 Å². The molecule has 3 rings (SSSR count). The topological polar surface area (TPSA) is 76.6 Å². The maximum absolute atomic E-state index is 12.2. The lowest BCUT2D eigenvalue weighted by atomic mass is 10.1. The molecule has 0 unspecified atom stereocenters. The summed E-state index contributed by atoms with van der Waals surface area (Å²) in [7, 11) is 1.65. The van der Waals surface area contributed by atoms with Crippen molar-refractivity contribution in [3.05, 3.63) is 36.7 Å². The molecule has 2 heterocycles. The van der Waals surface area contributed by atoms with Crippen molar-refractivity contribution in [3.63, 3.8) is 0 Å². The standard InChI is InChI=1S/C21H28N4O3/c1-21(2,3)28-20(26)25-11-9-15(10-12-25)24-19-13-17(22-14-23-19)16-7-5-6-8-18(16)27-4/h5-8,13-15H,9-12H2,1-4H3,(H,22,23,24). The Morgan fingerprint density at radius 1 is 1.18 bits per heavy atom. The highest BCUT2D eigenvalue weighted by Crippen LogP contribution is 2.29. The Bertz CT molecular complexity index is 811. The molecular formula is C21H28N4O3. The normalized spacial score (nSPS) is 15.2. The van der Waals surface area contributed by atoms with Gasteiger partial charge in [0.05, 0.1) is 12.8 Å². The van der Waals surface area contributed by atoms with E-state index in [1.807, 2.05) is 51.1 Å². The van der Waals surface area contributed by atoms with Gasteiger partial charge in [0, 0.05) is 30.8 Å². The first-order chi connectivity index (χ1) is 13.4. The molecule has 0 atom stereocenters. The smallest absolute Gasteiger partial charge is 0.410 e. The Hall–Kier alpha value is -2.83. The third-order valence-corrected chi connectivity index (χ3v) is 4.55. The summed E-state index contributed by atoms with van der Waals surface area (Å²) in [5.74, 6) is 1.55. The third-order valence-electron chi connectivity index (χ3n) is 4.55. The molecule has 0 saturated carbocycles. The number of rotatable bonds is 4. The van der Waals surface area contributed by atoms with Crippen LogP contribution in [0.2, 0.25) is 0 Å². The largest absolute Gasteiger partial charge is 0.496 e. The van der Waals surface area contributed by atoms with Crippen molar-refractivity contribution in [2.75, 3.05) is 25.5 Å². The average molecular weight is 384 g/mol. The van der Waals surface area contributed by atoms with E-state index < -0.39 is 5.60 Å². The fraction of sp³-hybridized carbons (Fsp3) is 0.476. The highest BCUT2D eigenvalue weighted by molar-refractivity contribution is 5.69. The van der Waals surface area contributed by atoms with Crippen LogP contribution in [0.4, 0.5) is 10.6 Å². The van der Waals surface area contributed by atoms with Crippen LogP contribution in [-0.4, -0.2) is 52.8 Å². The molecule has 0 bridgehead atoms. The average Bonchev–Trinajstić information content (AvgIpc) is 2.67. The summed E-state index contributed by atoms with van der Waals surface area (Å²) < 4.78 is 10.9. The SMILES string of the molecule is COc1ccccc1-c1cc(NC2CCN(C(=O)OC(C)(C)C)CC2)ncn1. The minimum Gasteiger partial charge on any atom is -0.496 e. The number of amides is 1. The van der Waals surface area contributed by atoms with E-state index >= 15 is 0 Å². The third kappa shape index (κ3) is 5.12. The molecule has 2 aromatic rings. The first kappa shape index (κ1) is 19.9. The second kappa shape index (κ2) is 8.46. The van der Waals surface area contributed by atoms with Gasteiger partial charge in [-0.25, -0.2) is 14.8 Å². The van der Waals surface area contributed by atoms with Crippen molar-refractivity contribution in [1.82, 2.24) is 14.9 Å². The Balaban J connectivity index is 1.61. The zero-order valence-corrected chi connectivity index (χ0v) is 16.9. The molecule has 7 nitrogen and oxygen atoms in total. The van der Waals surface area contributed by atoms with Crippen molar-refractivity contribution in [2.24, 2.45) is 0 Å². The lowest BCUT2D eigenvalue weighted by molar-refractivity contribution is 0.0210. The fourth-order valence-corrected chi connectivity index (χ4v) is 3.18. The number of nitrogens with one attached hydrogen (secondary N) is 1. The monoisotopic (exact) mass is 384 g/mol. The van der Waals surface area contributed by atoms with Crippen molar-refractivity contribution in [1.29, 1.82) is 0 Å². The van der Waals surface area contributed by atoms with E-state index in [0.29, 0.717) is 13.1 Å². The van der Waals surface area contributed by atoms with E-state index in [4.69, 9.17) is 9.47 Å². The van der Waals surface area contributed by atoms with Crippen molar-refractivity contribution in [2.45, 2.75) is 45.3 Å². The number of piperidine rings is 1. The Morgan fingerprint density at radius 2 is 1.89 bits per heavy atom. The van der Waals surface area contributed by atoms with Gasteiger partial charge in [-0.1, -0.05) is 12.1 Å². The van der Waals surface area contributed by atoms with Gasteiger partial charge in [-0.05, 0) is 45.7 Å². The van der Waals surface area contributed by atoms with Crippen molar-refractivity contribution < 1.29 is 14.3 Å². The number of carbonyl (C=O) groups excluding carboxylic acids is 1. The number of nitrogens with zero attached hydrogens (tertiary/aromatic N) is 3. The van der Waals surface area contributed by atoms with Gasteiger partial charge in [-0.2, -0.15) is 0 Å². The zero-order chi connectivity index (χ0) is 20.1. The van der Waals surface area contributed by atoms with Crippen LogP contribution in [0.5, 0.6) is 5.75 Å². The lowest BCUT2D eigenvalue weighted by Crippen LogP contribution is -2.44. The van der Waals surface area contributed by atoms with E-state index in [0.717, 1.165) is 35.7 Å². The second-order valence-corrected chi connectivity index (χ2v) is 7.87. The van der Waals surface area contributed by atoms with Crippen LogP contribution in [0.25, 0.3) is 11.3 Å². The van der Waals surface area contributed by atoms with E-state index in [-0.39, 0.29) is 12.1 Å². The van der Waals surface area contributed by atoms with E-state index in [1.165, 1.54) is 0 Å². The molecule has 0 aliphatic carbocycles. The Labute approximate surface area is 166 Å². The number of carbonyl (C=O) groups is 1. The van der Waals surface area contributed by atoms with Gasteiger partial charge in [0.25, 0.3) is 0 Å². The summed E-state index contributed by atoms with van der Waals surface area (Å²) in [5, 5.41) is 3.47. The van der Waals surface area contributed by atoms with Gasteiger partial charge in [-0.3, -0.25) is 0 Å². The number of ether oxygens (including phenoxy) is 2. The number of hydrogen-bond acceptors (Lipinski definition) is 6. The highest BCUT2D eigenvalue weighted by Gasteiger charge is 2.27. The molecule has 0 radical (unpaired) electrons. The van der Waals surface area contributed by atoms with Crippen LogP contribution in [0.15, 0.2) is 36.7 Å². The van der Waals surface area contributed by atoms with Crippen LogP contribution >= 0.6 is 0 Å². The minimum atomic E-state index is -0.470. The van der Waals surface area contributed by atoms with E-state index in [9.17, 15) is 4.79 Å². The van der Waals surface area contributed by atoms with Gasteiger partial charge in [0.15, 0.2) is 0 Å². The first-order valence-corrected chi connectivity index (χ1v) is 9.55. The maximum atomic E-state index is 12.2. The first-order valence-electron chi connectivity index (χ1n) is 9.55. The molecule has 7 heteroatoms. The molecule has 1 aromatic heterocycles. The number of likely N-dealkylation sites (tertiary alicyclic amines) is 1. The number of hydrogen-bond donors (Lipinski definition) is 1. The summed E-state index contributed by atoms with van der Waals surface area (Å²) in [4.78, 5) is 22.7. The Kier molecular flexibility index (Phi) is 6.02. The summed E-state index contributed by atoms with van der Waals surface area (Å²) in [6.45, 7) is 6.98. The number of para-hydroxylation sites is 1. The number of anilines is 1. The molecule has 28 heavy (non-hydrogen) atoms. The molecule has 1 aromatic carbocycles. The predicted octanol–water partition coefficient (Wildman–Crippen LogP) is 3.96. The van der Waals surface area contributed by atoms with E-state index in [1.54, 1.807) is 18.3 Å². The zero-order valence-electron chi connectivity index (χ0n) is 16.9. The highest BCUT2D eigenvalue weighted by atomic mass is 16.6. The van der Waals surface area contributed by atoms with Crippen LogP contribution in [0.3, 0.4) is 0 Å². The fourth-order valence-electron chi connectivity index (χ4n) is 3.18. The predicted molar refractivity (Wildman–Crippen MR) is 108 cm³/mol. The molecule has 150 valence electrons. The van der Waals surface area contributed by atoms with Gasteiger partial charge in [0.1, 0.15) is 23.5 Å². The van der Waals surface area contributed by atoms with Gasteiger partial charge in [0.2, 0.25) is 0 Å². The molecule has 0 spiro atoms. The van der Waals surface area contributed by atoms with E-state index in [2.05, 4.69) is 15.3 Å². The molecule has 1 aliphatic rings. The molecule has 1 amide bonds. The second-order valence-electron chi connectivity index (χ2n) is 7.87. The molecule has 1 aliphatic heterocycles. The van der Waals surface area contributed by atoms with Gasteiger partial charge < -0.3 is 19.7 Å². The van der Waals surface area contributed by atoms with Crippen LogP contribution in [-0.2, 0) is 4.74 Å². The Morgan fingerprint density at radius 3 is 2.57 bits per heavy atom. The van der Waals surface area contributed by atoms with Gasteiger partial charge in [-0.15, -0.1) is 0 Å². The number of aromatic nitrogens is 2. The summed E-state index contributed by atoms with van der Waals surface area (Å²) in [5.41, 5.74) is 1.26. The van der Waals surface area contributed by atoms with Crippen LogP contribution in [0, 0.1) is 0 Å². The summed E-state index contributed by atoms with van der Waals surface area (Å²) in [6, 6.07) is 9.96. The molecule has 1 N–H and O–H groups in total. The van der Waals surface area contributed by atoms with Crippen molar-refractivity contribution >= 4 is 11.9 Å².